The van der Waals surface area contributed by atoms with E-state index in [9.17, 15) is 14.4 Å². The second-order valence-corrected chi connectivity index (χ2v) is 11.5. The Bertz CT molecular complexity index is 1410. The van der Waals surface area contributed by atoms with E-state index in [4.69, 9.17) is 4.98 Å². The minimum Gasteiger partial charge on any atom is -0.348 e. The van der Waals surface area contributed by atoms with Crippen molar-refractivity contribution in [3.63, 3.8) is 0 Å². The molecule has 2 heterocycles. The van der Waals surface area contributed by atoms with Gasteiger partial charge in [0.05, 0.1) is 11.0 Å². The van der Waals surface area contributed by atoms with Gasteiger partial charge in [0.15, 0.2) is 5.82 Å². The Balaban J connectivity index is 1.47. The molecule has 8 nitrogen and oxygen atoms in total. The van der Waals surface area contributed by atoms with Crippen LogP contribution in [0.2, 0.25) is 0 Å². The van der Waals surface area contributed by atoms with Gasteiger partial charge in [0.25, 0.3) is 5.56 Å². The number of fused-ring (bicyclic) bond motifs is 3. The molecule has 188 valence electrons. The summed E-state index contributed by atoms with van der Waals surface area (Å²) in [5.41, 5.74) is 2.57. The maximum absolute atomic E-state index is 13.8. The van der Waals surface area contributed by atoms with Gasteiger partial charge in [-0.25, -0.2) is 4.98 Å². The monoisotopic (exact) mass is 487 g/mol. The van der Waals surface area contributed by atoms with Crippen LogP contribution in [-0.2, 0) is 16.1 Å². The summed E-state index contributed by atoms with van der Waals surface area (Å²) < 4.78 is 1.53. The van der Waals surface area contributed by atoms with Crippen molar-refractivity contribution in [3.05, 3.63) is 58.9 Å². The fourth-order valence-corrected chi connectivity index (χ4v) is 6.45. The van der Waals surface area contributed by atoms with E-state index in [1.165, 1.54) is 11.5 Å². The van der Waals surface area contributed by atoms with Crippen molar-refractivity contribution in [2.45, 2.75) is 59.5 Å². The normalized spacial score (nSPS) is 22.4. The second-order valence-electron chi connectivity index (χ2n) is 11.5. The molecule has 2 aliphatic rings. The molecule has 2 fully saturated rings. The average molecular weight is 488 g/mol. The number of carbonyl (C=O) groups excluding carboxylic acids is 2. The molecule has 1 aromatic heterocycles. The number of rotatable bonds is 5. The van der Waals surface area contributed by atoms with Crippen molar-refractivity contribution >= 4 is 40.0 Å². The Morgan fingerprint density at radius 1 is 1.03 bits per heavy atom. The van der Waals surface area contributed by atoms with Crippen molar-refractivity contribution in [3.8, 4) is 0 Å². The highest BCUT2D eigenvalue weighted by atomic mass is 16.2. The first kappa shape index (κ1) is 24.0. The van der Waals surface area contributed by atoms with Crippen LogP contribution < -0.4 is 21.1 Å². The molecule has 2 amide bonds. The predicted molar refractivity (Wildman–Crippen MR) is 142 cm³/mol. The Hall–Kier alpha value is -3.68. The lowest BCUT2D eigenvalue weighted by molar-refractivity contribution is -0.116. The molecule has 2 unspecified atom stereocenters. The van der Waals surface area contributed by atoms with Crippen LogP contribution in [-0.4, -0.2) is 34.0 Å². The quantitative estimate of drug-likeness (QED) is 0.556. The predicted octanol–water partition coefficient (Wildman–Crippen LogP) is 4.40. The van der Waals surface area contributed by atoms with Gasteiger partial charge in [-0.2, -0.15) is 0 Å². The Morgan fingerprint density at radius 2 is 1.75 bits per heavy atom. The molecule has 2 bridgehead atoms. The largest absolute Gasteiger partial charge is 0.348 e. The third-order valence-corrected chi connectivity index (χ3v) is 7.29. The lowest BCUT2D eigenvalue weighted by Crippen LogP contribution is -2.39. The number of nitrogens with one attached hydrogen (secondary N) is 2. The molecular formula is C28H33N5O3. The summed E-state index contributed by atoms with van der Waals surface area (Å²) in [4.78, 5) is 45.3. The van der Waals surface area contributed by atoms with Gasteiger partial charge in [-0.3, -0.25) is 19.0 Å². The highest BCUT2D eigenvalue weighted by Crippen LogP contribution is 2.52. The number of hydrogen-bond acceptors (Lipinski definition) is 5. The number of para-hydroxylation sites is 2. The van der Waals surface area contributed by atoms with E-state index in [1.807, 2.05) is 24.3 Å². The van der Waals surface area contributed by atoms with E-state index >= 15 is 0 Å². The zero-order valence-corrected chi connectivity index (χ0v) is 21.3. The standard InChI is InChI=1S/C28H33N5O3/c1-18(34)29-19-8-7-9-20(12-19)30-24(35)15-32-23-11-6-5-10-22(23)31-25(26(32)36)33-17-28(4)14-21(33)13-27(2,3)16-28/h5-12,21H,13-17H2,1-4H3,(H,29,34)(H,30,35). The molecule has 2 aromatic carbocycles. The zero-order chi connectivity index (χ0) is 25.7. The number of nitrogens with zero attached hydrogens (tertiary/aromatic N) is 3. The third kappa shape index (κ3) is 4.72. The van der Waals surface area contributed by atoms with Crippen LogP contribution >= 0.6 is 0 Å². The molecule has 0 spiro atoms. The topological polar surface area (TPSA) is 96.3 Å². The molecule has 5 rings (SSSR count). The summed E-state index contributed by atoms with van der Waals surface area (Å²) in [6.07, 6.45) is 3.19. The van der Waals surface area contributed by atoms with Crippen molar-refractivity contribution in [1.82, 2.24) is 9.55 Å². The highest BCUT2D eigenvalue weighted by Gasteiger charge is 2.50. The van der Waals surface area contributed by atoms with Gasteiger partial charge >= 0.3 is 0 Å². The smallest absolute Gasteiger partial charge is 0.294 e. The van der Waals surface area contributed by atoms with E-state index in [0.29, 0.717) is 28.2 Å². The van der Waals surface area contributed by atoms with Crippen LogP contribution in [0.3, 0.4) is 0 Å². The van der Waals surface area contributed by atoms with E-state index in [1.54, 1.807) is 24.3 Å². The molecule has 2 N–H and O–H groups in total. The summed E-state index contributed by atoms with van der Waals surface area (Å²) in [7, 11) is 0. The molecule has 1 saturated carbocycles. The molecule has 1 saturated heterocycles. The van der Waals surface area contributed by atoms with Gasteiger partial charge < -0.3 is 15.5 Å². The Morgan fingerprint density at radius 3 is 2.50 bits per heavy atom. The fraction of sp³-hybridized carbons (Fsp3) is 0.429. The number of hydrogen-bond donors (Lipinski definition) is 2. The third-order valence-electron chi connectivity index (χ3n) is 7.29. The van der Waals surface area contributed by atoms with E-state index < -0.39 is 0 Å². The number of anilines is 3. The molecule has 36 heavy (non-hydrogen) atoms. The molecule has 2 atom stereocenters. The maximum atomic E-state index is 13.8. The molecule has 0 radical (unpaired) electrons. The zero-order valence-electron chi connectivity index (χ0n) is 21.3. The molecule has 1 aliphatic carbocycles. The molecule has 8 heteroatoms. The van der Waals surface area contributed by atoms with Gasteiger partial charge in [0, 0.05) is 30.9 Å². The lowest BCUT2D eigenvalue weighted by atomic mass is 9.65. The van der Waals surface area contributed by atoms with Crippen LogP contribution in [0.1, 0.15) is 47.0 Å². The van der Waals surface area contributed by atoms with E-state index in [-0.39, 0.29) is 40.8 Å². The lowest BCUT2D eigenvalue weighted by Gasteiger charge is -2.39. The van der Waals surface area contributed by atoms with Gasteiger partial charge in [0.1, 0.15) is 6.54 Å². The van der Waals surface area contributed by atoms with Gasteiger partial charge in [0.2, 0.25) is 11.8 Å². The summed E-state index contributed by atoms with van der Waals surface area (Å²) in [6, 6.07) is 14.6. The first-order valence-corrected chi connectivity index (χ1v) is 12.5. The van der Waals surface area contributed by atoms with E-state index in [2.05, 4.69) is 36.3 Å². The second kappa shape index (κ2) is 8.76. The van der Waals surface area contributed by atoms with Crippen LogP contribution in [0, 0.1) is 10.8 Å². The summed E-state index contributed by atoms with van der Waals surface area (Å²) in [6.45, 7) is 9.00. The molecule has 3 aromatic rings. The number of carbonyl (C=O) groups is 2. The van der Waals surface area contributed by atoms with Gasteiger partial charge in [-0.15, -0.1) is 0 Å². The molecular weight excluding hydrogens is 454 g/mol. The summed E-state index contributed by atoms with van der Waals surface area (Å²) in [5.74, 6) is -0.0855. The van der Waals surface area contributed by atoms with Crippen LogP contribution in [0.25, 0.3) is 11.0 Å². The van der Waals surface area contributed by atoms with Crippen LogP contribution in [0.4, 0.5) is 17.2 Å². The average Bonchev–Trinajstić information content (AvgIpc) is 3.03. The molecule has 1 aliphatic heterocycles. The van der Waals surface area contributed by atoms with Crippen LogP contribution in [0.5, 0.6) is 0 Å². The Labute approximate surface area is 210 Å². The SMILES string of the molecule is CC(=O)Nc1cccc(NC(=O)Cn2c(=O)c(N3CC4(C)CC3CC(C)(C)C4)nc3ccccc32)c1. The Kier molecular flexibility index (Phi) is 5.85. The van der Waals surface area contributed by atoms with Crippen molar-refractivity contribution in [2.24, 2.45) is 10.8 Å². The first-order chi connectivity index (χ1) is 17.0. The minimum atomic E-state index is -0.326. The van der Waals surface area contributed by atoms with Crippen molar-refractivity contribution in [1.29, 1.82) is 0 Å². The van der Waals surface area contributed by atoms with Gasteiger partial charge in [-0.05, 0) is 60.4 Å². The van der Waals surface area contributed by atoms with E-state index in [0.717, 1.165) is 25.8 Å². The number of benzene rings is 2. The first-order valence-electron chi connectivity index (χ1n) is 12.5. The number of amides is 2. The van der Waals surface area contributed by atoms with Gasteiger partial charge in [-0.1, -0.05) is 39.0 Å². The van der Waals surface area contributed by atoms with Crippen LogP contribution in [0.15, 0.2) is 53.3 Å². The number of aromatic nitrogens is 2. The maximum Gasteiger partial charge on any atom is 0.294 e. The minimum absolute atomic E-state index is 0.138. The highest BCUT2D eigenvalue weighted by molar-refractivity contribution is 5.94. The van der Waals surface area contributed by atoms with Crippen molar-refractivity contribution < 1.29 is 9.59 Å². The summed E-state index contributed by atoms with van der Waals surface area (Å²) in [5, 5.41) is 5.56. The fourth-order valence-electron chi connectivity index (χ4n) is 6.45. The summed E-state index contributed by atoms with van der Waals surface area (Å²) >= 11 is 0. The van der Waals surface area contributed by atoms with Crippen molar-refractivity contribution in [2.75, 3.05) is 22.1 Å².